The van der Waals surface area contributed by atoms with E-state index in [9.17, 15) is 4.79 Å². The van der Waals surface area contributed by atoms with Gasteiger partial charge in [0.2, 0.25) is 0 Å². The molecule has 2 aromatic carbocycles. The zero-order valence-corrected chi connectivity index (χ0v) is 8.86. The van der Waals surface area contributed by atoms with E-state index in [1.54, 1.807) is 0 Å². The molecule has 15 heavy (non-hydrogen) atoms. The van der Waals surface area contributed by atoms with Crippen molar-refractivity contribution >= 4 is 17.1 Å². The van der Waals surface area contributed by atoms with Crippen molar-refractivity contribution in [2.75, 3.05) is 0 Å². The third-order valence-electron chi connectivity index (χ3n) is 2.79. The summed E-state index contributed by atoms with van der Waals surface area (Å²) in [5.74, 6) is 0. The van der Waals surface area contributed by atoms with Crippen LogP contribution in [0.3, 0.4) is 0 Å². The molecule has 0 bridgehead atoms. The lowest BCUT2D eigenvalue weighted by atomic mass is 9.98. The highest BCUT2D eigenvalue weighted by atomic mass is 16.1. The van der Waals surface area contributed by atoms with Crippen LogP contribution in [0, 0.1) is 0 Å². The molecule has 2 aromatic rings. The zero-order valence-electron chi connectivity index (χ0n) is 8.86. The van der Waals surface area contributed by atoms with Crippen LogP contribution in [0.15, 0.2) is 36.4 Å². The van der Waals surface area contributed by atoms with Crippen molar-refractivity contribution < 1.29 is 4.79 Å². The fourth-order valence-corrected chi connectivity index (χ4v) is 2.02. The van der Waals surface area contributed by atoms with Crippen LogP contribution in [0.4, 0.5) is 0 Å². The molecule has 0 heterocycles. The molecule has 1 heteroatoms. The van der Waals surface area contributed by atoms with Gasteiger partial charge in [-0.3, -0.25) is 0 Å². The molecule has 0 fully saturated rings. The minimum Gasteiger partial charge on any atom is -0.303 e. The van der Waals surface area contributed by atoms with Crippen molar-refractivity contribution in [3.8, 4) is 0 Å². The van der Waals surface area contributed by atoms with Crippen molar-refractivity contribution in [3.63, 3.8) is 0 Å². The average Bonchev–Trinajstić information content (AvgIpc) is 2.29. The lowest BCUT2D eigenvalue weighted by Crippen LogP contribution is -1.90. The number of benzene rings is 2. The minimum absolute atomic E-state index is 0.504. The van der Waals surface area contributed by atoms with E-state index in [0.29, 0.717) is 6.42 Å². The maximum Gasteiger partial charge on any atom is 0.124 e. The highest BCUT2D eigenvalue weighted by Gasteiger charge is 2.02. The van der Waals surface area contributed by atoms with Crippen LogP contribution in [-0.2, 0) is 17.6 Å². The van der Waals surface area contributed by atoms with Crippen molar-refractivity contribution in [1.82, 2.24) is 0 Å². The van der Waals surface area contributed by atoms with Crippen LogP contribution >= 0.6 is 0 Å². The van der Waals surface area contributed by atoms with Gasteiger partial charge in [0.05, 0.1) is 0 Å². The number of hydrogen-bond acceptors (Lipinski definition) is 1. The maximum absolute atomic E-state index is 10.6. The number of rotatable bonds is 3. The lowest BCUT2D eigenvalue weighted by Gasteiger charge is -2.07. The van der Waals surface area contributed by atoms with E-state index in [2.05, 4.69) is 31.2 Å². The molecule has 0 amide bonds. The Balaban J connectivity index is 2.70. The van der Waals surface area contributed by atoms with Gasteiger partial charge in [0.25, 0.3) is 0 Å². The van der Waals surface area contributed by atoms with Crippen LogP contribution in [0.5, 0.6) is 0 Å². The smallest absolute Gasteiger partial charge is 0.124 e. The standard InChI is InChI=1S/C14H14O/c1-2-11-5-3-8-14-12(9-10-15)6-4-7-13(11)14/h3-8,10H,2,9H2,1H3. The molecular formula is C14H14O. The molecule has 0 unspecified atom stereocenters. The number of fused-ring (bicyclic) bond motifs is 1. The normalized spacial score (nSPS) is 10.5. The fourth-order valence-electron chi connectivity index (χ4n) is 2.02. The summed E-state index contributed by atoms with van der Waals surface area (Å²) < 4.78 is 0. The number of carbonyl (C=O) groups excluding carboxylic acids is 1. The summed E-state index contributed by atoms with van der Waals surface area (Å²) in [6.45, 7) is 2.15. The molecule has 0 radical (unpaired) electrons. The number of carbonyl (C=O) groups is 1. The largest absolute Gasteiger partial charge is 0.303 e. The van der Waals surface area contributed by atoms with E-state index >= 15 is 0 Å². The van der Waals surface area contributed by atoms with Gasteiger partial charge in [-0.15, -0.1) is 0 Å². The van der Waals surface area contributed by atoms with Crippen molar-refractivity contribution in [1.29, 1.82) is 0 Å². The Morgan fingerprint density at radius 3 is 2.20 bits per heavy atom. The van der Waals surface area contributed by atoms with Crippen LogP contribution in [0.2, 0.25) is 0 Å². The monoisotopic (exact) mass is 198 g/mol. The molecule has 76 valence electrons. The first-order valence-electron chi connectivity index (χ1n) is 5.30. The summed E-state index contributed by atoms with van der Waals surface area (Å²) in [7, 11) is 0. The molecular weight excluding hydrogens is 184 g/mol. The predicted molar refractivity (Wildman–Crippen MR) is 63.1 cm³/mol. The first-order chi connectivity index (χ1) is 7.36. The van der Waals surface area contributed by atoms with Gasteiger partial charge in [-0.1, -0.05) is 43.3 Å². The van der Waals surface area contributed by atoms with E-state index < -0.39 is 0 Å². The number of aryl methyl sites for hydroxylation is 1. The molecule has 0 atom stereocenters. The lowest BCUT2D eigenvalue weighted by molar-refractivity contribution is -0.107. The van der Waals surface area contributed by atoms with Gasteiger partial charge in [0, 0.05) is 6.42 Å². The molecule has 2 rings (SSSR count). The van der Waals surface area contributed by atoms with Gasteiger partial charge in [-0.05, 0) is 28.3 Å². The van der Waals surface area contributed by atoms with E-state index in [1.165, 1.54) is 16.3 Å². The second kappa shape index (κ2) is 4.26. The minimum atomic E-state index is 0.504. The van der Waals surface area contributed by atoms with Crippen LogP contribution in [0.25, 0.3) is 10.8 Å². The zero-order chi connectivity index (χ0) is 10.7. The summed E-state index contributed by atoms with van der Waals surface area (Å²) in [5, 5.41) is 2.49. The molecule has 0 saturated carbocycles. The fraction of sp³-hybridized carbons (Fsp3) is 0.214. The van der Waals surface area contributed by atoms with Gasteiger partial charge in [-0.25, -0.2) is 0 Å². The maximum atomic E-state index is 10.6. The van der Waals surface area contributed by atoms with Crippen molar-refractivity contribution in [2.45, 2.75) is 19.8 Å². The quantitative estimate of drug-likeness (QED) is 0.692. The Bertz CT molecular complexity index is 486. The molecule has 0 aliphatic carbocycles. The van der Waals surface area contributed by atoms with E-state index in [-0.39, 0.29) is 0 Å². The second-order valence-corrected chi connectivity index (χ2v) is 3.65. The average molecular weight is 198 g/mol. The number of hydrogen-bond donors (Lipinski definition) is 0. The van der Waals surface area contributed by atoms with E-state index in [0.717, 1.165) is 18.3 Å². The highest BCUT2D eigenvalue weighted by molar-refractivity contribution is 5.89. The first kappa shape index (κ1) is 9.91. The molecule has 0 aliphatic heterocycles. The van der Waals surface area contributed by atoms with E-state index in [1.807, 2.05) is 12.1 Å². The Morgan fingerprint density at radius 2 is 1.60 bits per heavy atom. The summed E-state index contributed by atoms with van der Waals surface area (Å²) in [4.78, 5) is 10.6. The molecule has 1 nitrogen and oxygen atoms in total. The third kappa shape index (κ3) is 1.78. The molecule has 0 spiro atoms. The second-order valence-electron chi connectivity index (χ2n) is 3.65. The number of aldehydes is 1. The predicted octanol–water partition coefficient (Wildman–Crippen LogP) is 3.14. The highest BCUT2D eigenvalue weighted by Crippen LogP contribution is 2.22. The molecule has 0 aromatic heterocycles. The first-order valence-corrected chi connectivity index (χ1v) is 5.30. The van der Waals surface area contributed by atoms with Crippen LogP contribution in [-0.4, -0.2) is 6.29 Å². The third-order valence-corrected chi connectivity index (χ3v) is 2.79. The Hall–Kier alpha value is -1.63. The van der Waals surface area contributed by atoms with Crippen molar-refractivity contribution in [2.24, 2.45) is 0 Å². The van der Waals surface area contributed by atoms with Gasteiger partial charge in [0.15, 0.2) is 0 Å². The van der Waals surface area contributed by atoms with Gasteiger partial charge in [0.1, 0.15) is 6.29 Å². The topological polar surface area (TPSA) is 17.1 Å². The molecule has 0 aliphatic rings. The molecule has 0 saturated heterocycles. The van der Waals surface area contributed by atoms with Crippen LogP contribution in [0.1, 0.15) is 18.1 Å². The summed E-state index contributed by atoms with van der Waals surface area (Å²) in [6.07, 6.45) is 2.50. The van der Waals surface area contributed by atoms with Gasteiger partial charge >= 0.3 is 0 Å². The summed E-state index contributed by atoms with van der Waals surface area (Å²) in [5.41, 5.74) is 2.47. The van der Waals surface area contributed by atoms with Crippen molar-refractivity contribution in [3.05, 3.63) is 47.5 Å². The Morgan fingerprint density at radius 1 is 1.00 bits per heavy atom. The summed E-state index contributed by atoms with van der Waals surface area (Å²) >= 11 is 0. The van der Waals surface area contributed by atoms with Gasteiger partial charge < -0.3 is 4.79 Å². The molecule has 0 N–H and O–H groups in total. The SMILES string of the molecule is CCc1cccc2c(CC=O)cccc12. The van der Waals surface area contributed by atoms with Gasteiger partial charge in [-0.2, -0.15) is 0 Å². The van der Waals surface area contributed by atoms with Crippen LogP contribution < -0.4 is 0 Å². The Labute approximate surface area is 89.7 Å². The Kier molecular flexibility index (Phi) is 2.82. The van der Waals surface area contributed by atoms with E-state index in [4.69, 9.17) is 0 Å². The summed E-state index contributed by atoms with van der Waals surface area (Å²) in [6, 6.07) is 12.5.